The minimum atomic E-state index is -0.950. The first kappa shape index (κ1) is 21.3. The summed E-state index contributed by atoms with van der Waals surface area (Å²) in [4.78, 5) is 23.4. The number of aromatic carboxylic acids is 1. The lowest BCUT2D eigenvalue weighted by molar-refractivity contribution is -0.116. The van der Waals surface area contributed by atoms with Crippen LogP contribution in [-0.2, 0) is 16.6 Å². The van der Waals surface area contributed by atoms with Crippen LogP contribution in [0.5, 0.6) is 0 Å². The van der Waals surface area contributed by atoms with E-state index in [1.54, 1.807) is 18.2 Å². The maximum absolute atomic E-state index is 12.3. The molecule has 0 spiro atoms. The number of hydrogen-bond acceptors (Lipinski definition) is 2. The van der Waals surface area contributed by atoms with Gasteiger partial charge in [0.25, 0.3) is 0 Å². The summed E-state index contributed by atoms with van der Waals surface area (Å²) in [5.41, 5.74) is 5.25. The number of carbonyl (C=O) groups is 2. The fraction of sp³-hybridized carbons (Fsp3) is 0.231. The standard InChI is InChI=1S/C26H27NO3/c1-26(2,3)22-12-7-18(8-13-22)9-16-24(28)27-23-14-10-19(11-15-23)20-5-4-6-21(17-20)25(29)30/h4-8,10-15,17H,9,16H2,1-3H3,(H,27,28)(H,29,30). The average molecular weight is 402 g/mol. The Hall–Kier alpha value is -3.40. The second kappa shape index (κ2) is 8.95. The highest BCUT2D eigenvalue weighted by Gasteiger charge is 2.13. The van der Waals surface area contributed by atoms with Gasteiger partial charge in [-0.25, -0.2) is 4.79 Å². The molecule has 0 unspecified atom stereocenters. The van der Waals surface area contributed by atoms with Crippen molar-refractivity contribution in [1.82, 2.24) is 0 Å². The average Bonchev–Trinajstić information content (AvgIpc) is 2.72. The van der Waals surface area contributed by atoms with Crippen molar-refractivity contribution in [2.75, 3.05) is 5.32 Å². The zero-order valence-electron chi connectivity index (χ0n) is 17.6. The van der Waals surface area contributed by atoms with E-state index in [1.807, 2.05) is 30.3 Å². The normalized spacial score (nSPS) is 11.2. The number of anilines is 1. The van der Waals surface area contributed by atoms with Gasteiger partial charge in [-0.1, -0.05) is 69.3 Å². The Labute approximate surface area is 177 Å². The van der Waals surface area contributed by atoms with E-state index in [1.165, 1.54) is 5.56 Å². The van der Waals surface area contributed by atoms with Crippen molar-refractivity contribution >= 4 is 17.6 Å². The van der Waals surface area contributed by atoms with Crippen LogP contribution in [0, 0.1) is 0 Å². The van der Waals surface area contributed by atoms with Gasteiger partial charge in [-0.3, -0.25) is 4.79 Å². The Morgan fingerprint density at radius 3 is 2.13 bits per heavy atom. The number of carbonyl (C=O) groups excluding carboxylic acids is 1. The highest BCUT2D eigenvalue weighted by molar-refractivity contribution is 5.91. The van der Waals surface area contributed by atoms with Gasteiger partial charge in [0.1, 0.15) is 0 Å². The molecule has 0 saturated carbocycles. The van der Waals surface area contributed by atoms with Gasteiger partial charge in [-0.05, 0) is 58.4 Å². The molecule has 1 amide bonds. The fourth-order valence-electron chi connectivity index (χ4n) is 3.23. The lowest BCUT2D eigenvalue weighted by Crippen LogP contribution is -2.13. The van der Waals surface area contributed by atoms with Gasteiger partial charge in [0, 0.05) is 12.1 Å². The SMILES string of the molecule is CC(C)(C)c1ccc(CCC(=O)Nc2ccc(-c3cccc(C(=O)O)c3)cc2)cc1. The van der Waals surface area contributed by atoms with Gasteiger partial charge in [0.15, 0.2) is 0 Å². The molecule has 0 aliphatic heterocycles. The van der Waals surface area contributed by atoms with E-state index in [2.05, 4.69) is 50.4 Å². The summed E-state index contributed by atoms with van der Waals surface area (Å²) in [6, 6.07) is 22.7. The molecule has 0 fully saturated rings. The monoisotopic (exact) mass is 401 g/mol. The summed E-state index contributed by atoms with van der Waals surface area (Å²) >= 11 is 0. The molecule has 2 N–H and O–H groups in total. The zero-order valence-corrected chi connectivity index (χ0v) is 17.6. The smallest absolute Gasteiger partial charge is 0.335 e. The molecule has 4 heteroatoms. The van der Waals surface area contributed by atoms with Crippen molar-refractivity contribution in [3.8, 4) is 11.1 Å². The topological polar surface area (TPSA) is 66.4 Å². The second-order valence-corrected chi connectivity index (χ2v) is 8.46. The molecular weight excluding hydrogens is 374 g/mol. The first-order valence-electron chi connectivity index (χ1n) is 10.1. The molecule has 0 aliphatic carbocycles. The molecule has 30 heavy (non-hydrogen) atoms. The van der Waals surface area contributed by atoms with Crippen molar-refractivity contribution in [2.24, 2.45) is 0 Å². The number of carboxylic acid groups (broad SMARTS) is 1. The van der Waals surface area contributed by atoms with Gasteiger partial charge >= 0.3 is 5.97 Å². The Morgan fingerprint density at radius 1 is 0.867 bits per heavy atom. The minimum Gasteiger partial charge on any atom is -0.478 e. The quantitative estimate of drug-likeness (QED) is 0.539. The molecule has 0 radical (unpaired) electrons. The summed E-state index contributed by atoms with van der Waals surface area (Å²) < 4.78 is 0. The number of carboxylic acids is 1. The highest BCUT2D eigenvalue weighted by atomic mass is 16.4. The number of rotatable bonds is 6. The van der Waals surface area contributed by atoms with Crippen LogP contribution in [-0.4, -0.2) is 17.0 Å². The molecule has 0 aliphatic rings. The zero-order chi connectivity index (χ0) is 21.7. The summed E-state index contributed by atoms with van der Waals surface area (Å²) in [5.74, 6) is -0.982. The highest BCUT2D eigenvalue weighted by Crippen LogP contribution is 2.24. The maximum Gasteiger partial charge on any atom is 0.335 e. The van der Waals surface area contributed by atoms with E-state index in [0.717, 1.165) is 22.4 Å². The van der Waals surface area contributed by atoms with E-state index in [4.69, 9.17) is 5.11 Å². The van der Waals surface area contributed by atoms with Crippen molar-refractivity contribution in [3.63, 3.8) is 0 Å². The van der Waals surface area contributed by atoms with Crippen LogP contribution in [0.15, 0.2) is 72.8 Å². The predicted molar refractivity (Wildman–Crippen MR) is 121 cm³/mol. The van der Waals surface area contributed by atoms with Crippen molar-refractivity contribution < 1.29 is 14.7 Å². The molecule has 154 valence electrons. The van der Waals surface area contributed by atoms with Gasteiger partial charge in [-0.15, -0.1) is 0 Å². The number of hydrogen-bond donors (Lipinski definition) is 2. The van der Waals surface area contributed by atoms with E-state index in [9.17, 15) is 9.59 Å². The molecule has 0 atom stereocenters. The molecule has 0 heterocycles. The van der Waals surface area contributed by atoms with E-state index in [0.29, 0.717) is 12.8 Å². The second-order valence-electron chi connectivity index (χ2n) is 8.46. The van der Waals surface area contributed by atoms with Crippen molar-refractivity contribution in [3.05, 3.63) is 89.5 Å². The Balaban J connectivity index is 1.57. The van der Waals surface area contributed by atoms with Crippen LogP contribution in [0.25, 0.3) is 11.1 Å². The van der Waals surface area contributed by atoms with Crippen LogP contribution in [0.3, 0.4) is 0 Å². The van der Waals surface area contributed by atoms with Gasteiger partial charge in [0.2, 0.25) is 5.91 Å². The maximum atomic E-state index is 12.3. The van der Waals surface area contributed by atoms with Crippen molar-refractivity contribution in [2.45, 2.75) is 39.0 Å². The predicted octanol–water partition coefficient (Wildman–Crippen LogP) is 5.92. The Bertz CT molecular complexity index is 1030. The van der Waals surface area contributed by atoms with Gasteiger partial charge in [0.05, 0.1) is 5.56 Å². The molecule has 0 bridgehead atoms. The van der Waals surface area contributed by atoms with Crippen molar-refractivity contribution in [1.29, 1.82) is 0 Å². The fourth-order valence-corrected chi connectivity index (χ4v) is 3.23. The number of nitrogens with one attached hydrogen (secondary N) is 1. The largest absolute Gasteiger partial charge is 0.478 e. The van der Waals surface area contributed by atoms with Crippen LogP contribution in [0.2, 0.25) is 0 Å². The summed E-state index contributed by atoms with van der Waals surface area (Å²) in [6.45, 7) is 6.55. The number of aryl methyl sites for hydroxylation is 1. The summed E-state index contributed by atoms with van der Waals surface area (Å²) in [5, 5.41) is 12.1. The van der Waals surface area contributed by atoms with Gasteiger partial charge in [-0.2, -0.15) is 0 Å². The minimum absolute atomic E-state index is 0.0319. The van der Waals surface area contributed by atoms with E-state index >= 15 is 0 Å². The first-order valence-corrected chi connectivity index (χ1v) is 10.1. The molecular formula is C26H27NO3. The molecule has 4 nitrogen and oxygen atoms in total. The Morgan fingerprint density at radius 2 is 1.53 bits per heavy atom. The van der Waals surface area contributed by atoms with Gasteiger partial charge < -0.3 is 10.4 Å². The molecule has 3 aromatic carbocycles. The van der Waals surface area contributed by atoms with E-state index in [-0.39, 0.29) is 16.9 Å². The van der Waals surface area contributed by atoms with E-state index < -0.39 is 5.97 Å². The third-order valence-corrected chi connectivity index (χ3v) is 5.07. The Kier molecular flexibility index (Phi) is 6.36. The molecule has 0 aromatic heterocycles. The number of amides is 1. The van der Waals surface area contributed by atoms with Crippen LogP contribution in [0.4, 0.5) is 5.69 Å². The first-order chi connectivity index (χ1) is 14.2. The lowest BCUT2D eigenvalue weighted by atomic mass is 9.86. The third-order valence-electron chi connectivity index (χ3n) is 5.07. The summed E-state index contributed by atoms with van der Waals surface area (Å²) in [6.07, 6.45) is 1.10. The molecule has 0 saturated heterocycles. The lowest BCUT2D eigenvalue weighted by Gasteiger charge is -2.19. The van der Waals surface area contributed by atoms with Crippen LogP contribution < -0.4 is 5.32 Å². The summed E-state index contributed by atoms with van der Waals surface area (Å²) in [7, 11) is 0. The van der Waals surface area contributed by atoms with Crippen LogP contribution >= 0.6 is 0 Å². The molecule has 3 rings (SSSR count). The van der Waals surface area contributed by atoms with Crippen LogP contribution in [0.1, 0.15) is 48.7 Å². The third kappa shape index (κ3) is 5.57. The molecule has 3 aromatic rings. The number of benzene rings is 3.